The fourth-order valence-electron chi connectivity index (χ4n) is 2.88. The zero-order chi connectivity index (χ0) is 17.7. The fourth-order valence-corrected chi connectivity index (χ4v) is 3.20. The van der Waals surface area contributed by atoms with Gasteiger partial charge in [0.05, 0.1) is 11.6 Å². The van der Waals surface area contributed by atoms with Crippen molar-refractivity contribution in [2.24, 2.45) is 11.7 Å². The molecule has 0 aliphatic carbocycles. The third kappa shape index (κ3) is 4.38. The predicted octanol–water partition coefficient (Wildman–Crippen LogP) is 2.38. The molecule has 132 valence electrons. The number of aromatic nitrogens is 2. The van der Waals surface area contributed by atoms with Crippen LogP contribution < -0.4 is 5.73 Å². The van der Waals surface area contributed by atoms with Crippen molar-refractivity contribution in [3.63, 3.8) is 0 Å². The molecule has 1 saturated heterocycles. The molecule has 1 unspecified atom stereocenters. The first-order valence-corrected chi connectivity index (χ1v) is 8.81. The Morgan fingerprint density at radius 2 is 2.21 bits per heavy atom. The number of nitrogens with zero attached hydrogens (tertiary/aromatic N) is 3. The Bertz CT molecular complexity index is 639. The van der Waals surface area contributed by atoms with Gasteiger partial charge in [-0.25, -0.2) is 0 Å². The van der Waals surface area contributed by atoms with Gasteiger partial charge in [-0.05, 0) is 32.3 Å². The molecule has 1 aliphatic rings. The summed E-state index contributed by atoms with van der Waals surface area (Å²) in [6, 6.07) is 0. The Hall–Kier alpha value is -1.82. The van der Waals surface area contributed by atoms with Crippen LogP contribution in [0, 0.1) is 12.8 Å². The van der Waals surface area contributed by atoms with Gasteiger partial charge < -0.3 is 10.6 Å². The zero-order valence-electron chi connectivity index (χ0n) is 14.3. The maximum absolute atomic E-state index is 12.4. The van der Waals surface area contributed by atoms with E-state index in [0.29, 0.717) is 18.2 Å². The van der Waals surface area contributed by atoms with Crippen LogP contribution in [-0.2, 0) is 16.1 Å². The summed E-state index contributed by atoms with van der Waals surface area (Å²) in [6.07, 6.45) is 6.83. The van der Waals surface area contributed by atoms with Crippen LogP contribution in [0.15, 0.2) is 6.08 Å². The van der Waals surface area contributed by atoms with Crippen molar-refractivity contribution in [3.05, 3.63) is 22.5 Å². The summed E-state index contributed by atoms with van der Waals surface area (Å²) in [5, 5.41) is 4.98. The molecule has 24 heavy (non-hydrogen) atoms. The van der Waals surface area contributed by atoms with E-state index in [-0.39, 0.29) is 17.7 Å². The van der Waals surface area contributed by atoms with E-state index in [1.165, 1.54) is 6.08 Å². The van der Waals surface area contributed by atoms with Crippen molar-refractivity contribution in [1.82, 2.24) is 14.7 Å². The minimum Gasteiger partial charge on any atom is -0.369 e. The molecule has 2 N–H and O–H groups in total. The standard InChI is InChI=1S/C17H25ClN4O2/c1-3-4-10-22-16(18)14(12(2)20-22)7-8-15(23)21-9-5-6-13(11-21)17(19)24/h7-8,13H,3-6,9-11H2,1-2H3,(H2,19,24)/b8-7+. The van der Waals surface area contributed by atoms with Crippen molar-refractivity contribution in [1.29, 1.82) is 0 Å². The summed E-state index contributed by atoms with van der Waals surface area (Å²) < 4.78 is 1.77. The number of hydrogen-bond donors (Lipinski definition) is 1. The van der Waals surface area contributed by atoms with Gasteiger partial charge in [-0.3, -0.25) is 14.3 Å². The second-order valence-corrected chi connectivity index (χ2v) is 6.58. The monoisotopic (exact) mass is 352 g/mol. The van der Waals surface area contributed by atoms with E-state index >= 15 is 0 Å². The first kappa shape index (κ1) is 18.5. The van der Waals surface area contributed by atoms with Gasteiger partial charge in [0.1, 0.15) is 5.15 Å². The molecule has 2 rings (SSSR count). The number of piperidine rings is 1. The number of likely N-dealkylation sites (tertiary alicyclic amines) is 1. The first-order chi connectivity index (χ1) is 11.4. The number of carbonyl (C=O) groups is 2. The van der Waals surface area contributed by atoms with E-state index in [1.54, 1.807) is 15.7 Å². The average Bonchev–Trinajstić information content (AvgIpc) is 2.84. The zero-order valence-corrected chi connectivity index (χ0v) is 15.1. The molecule has 1 aliphatic heterocycles. The topological polar surface area (TPSA) is 81.2 Å². The van der Waals surface area contributed by atoms with Crippen LogP contribution in [0.1, 0.15) is 43.9 Å². The van der Waals surface area contributed by atoms with Crippen molar-refractivity contribution in [2.45, 2.75) is 46.1 Å². The summed E-state index contributed by atoms with van der Waals surface area (Å²) in [5.41, 5.74) is 6.92. The lowest BCUT2D eigenvalue weighted by Crippen LogP contribution is -2.43. The van der Waals surface area contributed by atoms with Crippen LogP contribution in [0.5, 0.6) is 0 Å². The van der Waals surface area contributed by atoms with Crippen LogP contribution in [-0.4, -0.2) is 39.6 Å². The summed E-state index contributed by atoms with van der Waals surface area (Å²) in [7, 11) is 0. The Kier molecular flexibility index (Phi) is 6.43. The number of halogens is 1. The molecule has 1 aromatic heterocycles. The van der Waals surface area contributed by atoms with E-state index < -0.39 is 0 Å². The minimum atomic E-state index is -0.340. The van der Waals surface area contributed by atoms with Crippen LogP contribution in [0.4, 0.5) is 0 Å². The van der Waals surface area contributed by atoms with Crippen LogP contribution >= 0.6 is 11.6 Å². The van der Waals surface area contributed by atoms with Gasteiger partial charge >= 0.3 is 0 Å². The molecule has 0 saturated carbocycles. The van der Waals surface area contributed by atoms with Crippen LogP contribution in [0.25, 0.3) is 6.08 Å². The Morgan fingerprint density at radius 1 is 1.46 bits per heavy atom. The highest BCUT2D eigenvalue weighted by atomic mass is 35.5. The normalized spacial score (nSPS) is 18.3. The lowest BCUT2D eigenvalue weighted by atomic mass is 9.97. The maximum atomic E-state index is 12.4. The Labute approximate surface area is 147 Å². The molecule has 6 nitrogen and oxygen atoms in total. The summed E-state index contributed by atoms with van der Waals surface area (Å²) in [6.45, 7) is 5.80. The van der Waals surface area contributed by atoms with Crippen LogP contribution in [0.2, 0.25) is 5.15 Å². The molecule has 7 heteroatoms. The average molecular weight is 353 g/mol. The van der Waals surface area contributed by atoms with Crippen LogP contribution in [0.3, 0.4) is 0 Å². The van der Waals surface area contributed by atoms with Crippen molar-refractivity contribution < 1.29 is 9.59 Å². The van der Waals surface area contributed by atoms with Gasteiger partial charge in [0.25, 0.3) is 0 Å². The van der Waals surface area contributed by atoms with Crippen molar-refractivity contribution in [3.8, 4) is 0 Å². The lowest BCUT2D eigenvalue weighted by molar-refractivity contribution is -0.130. The molecular formula is C17H25ClN4O2. The van der Waals surface area contributed by atoms with Gasteiger partial charge in [-0.2, -0.15) is 5.10 Å². The Morgan fingerprint density at radius 3 is 2.88 bits per heavy atom. The molecule has 2 heterocycles. The smallest absolute Gasteiger partial charge is 0.246 e. The molecule has 1 fully saturated rings. The van der Waals surface area contributed by atoms with Gasteiger partial charge in [-0.1, -0.05) is 24.9 Å². The van der Waals surface area contributed by atoms with E-state index in [1.807, 2.05) is 6.92 Å². The highest BCUT2D eigenvalue weighted by Gasteiger charge is 2.26. The SMILES string of the molecule is CCCCn1nc(C)c(/C=C/C(=O)N2CCCC(C(N)=O)C2)c1Cl. The summed E-state index contributed by atoms with van der Waals surface area (Å²) >= 11 is 6.36. The number of aryl methyl sites for hydroxylation is 2. The van der Waals surface area contributed by atoms with Gasteiger partial charge in [0, 0.05) is 31.3 Å². The van der Waals surface area contributed by atoms with Crippen molar-refractivity contribution >= 4 is 29.5 Å². The summed E-state index contributed by atoms with van der Waals surface area (Å²) in [4.78, 5) is 25.3. The third-order valence-electron chi connectivity index (χ3n) is 4.36. The maximum Gasteiger partial charge on any atom is 0.246 e. The second kappa shape index (κ2) is 8.33. The van der Waals surface area contributed by atoms with Gasteiger partial charge in [0.15, 0.2) is 0 Å². The van der Waals surface area contributed by atoms with E-state index in [2.05, 4.69) is 12.0 Å². The molecule has 0 aromatic carbocycles. The number of rotatable bonds is 6. The number of nitrogens with two attached hydrogens (primary N) is 1. The van der Waals surface area contributed by atoms with E-state index in [0.717, 1.165) is 43.5 Å². The third-order valence-corrected chi connectivity index (χ3v) is 4.76. The molecule has 0 spiro atoms. The number of primary amides is 1. The quantitative estimate of drug-likeness (QED) is 0.798. The predicted molar refractivity (Wildman–Crippen MR) is 94.4 cm³/mol. The molecule has 1 aromatic rings. The lowest BCUT2D eigenvalue weighted by Gasteiger charge is -2.30. The molecular weight excluding hydrogens is 328 g/mol. The number of unbranched alkanes of at least 4 members (excludes halogenated alkanes) is 1. The molecule has 0 radical (unpaired) electrons. The number of carbonyl (C=O) groups excluding carboxylic acids is 2. The van der Waals surface area contributed by atoms with E-state index in [4.69, 9.17) is 17.3 Å². The van der Waals surface area contributed by atoms with Gasteiger partial charge in [-0.15, -0.1) is 0 Å². The second-order valence-electron chi connectivity index (χ2n) is 6.23. The number of amides is 2. The first-order valence-electron chi connectivity index (χ1n) is 8.43. The van der Waals surface area contributed by atoms with Crippen molar-refractivity contribution in [2.75, 3.05) is 13.1 Å². The highest BCUT2D eigenvalue weighted by Crippen LogP contribution is 2.22. The van der Waals surface area contributed by atoms with E-state index in [9.17, 15) is 9.59 Å². The van der Waals surface area contributed by atoms with Gasteiger partial charge in [0.2, 0.25) is 11.8 Å². The Balaban J connectivity index is 2.06. The molecule has 0 bridgehead atoms. The largest absolute Gasteiger partial charge is 0.369 e. The molecule has 2 amide bonds. The number of hydrogen-bond acceptors (Lipinski definition) is 3. The summed E-state index contributed by atoms with van der Waals surface area (Å²) in [5.74, 6) is -0.719. The fraction of sp³-hybridized carbons (Fsp3) is 0.588. The highest BCUT2D eigenvalue weighted by molar-refractivity contribution is 6.31. The minimum absolute atomic E-state index is 0.127. The molecule has 1 atom stereocenters.